The number of hydrogen-bond acceptors (Lipinski definition) is 4. The van der Waals surface area contributed by atoms with E-state index < -0.39 is 10.8 Å². The molecule has 2 rings (SSSR count). The highest BCUT2D eigenvalue weighted by atomic mass is 32.2. The highest BCUT2D eigenvalue weighted by Crippen LogP contribution is 2.35. The second kappa shape index (κ2) is 5.31. The Morgan fingerprint density at radius 1 is 1.41 bits per heavy atom. The first-order valence-corrected chi connectivity index (χ1v) is 7.09. The second-order valence-electron chi connectivity index (χ2n) is 3.91. The molecule has 1 aliphatic rings. The number of rotatable bonds is 5. The molecule has 92 valence electrons. The molecule has 0 N–H and O–H groups in total. The minimum absolute atomic E-state index is 0.0161. The van der Waals surface area contributed by atoms with Crippen molar-refractivity contribution < 1.29 is 18.5 Å². The molecule has 0 amide bonds. The first-order chi connectivity index (χ1) is 8.16. The molecule has 0 radical (unpaired) electrons. The van der Waals surface area contributed by atoms with Crippen molar-refractivity contribution in [3.05, 3.63) is 23.8 Å². The number of ether oxygens (including phenoxy) is 2. The first-order valence-electron chi connectivity index (χ1n) is 5.36. The Morgan fingerprint density at radius 3 is 3.00 bits per heavy atom. The van der Waals surface area contributed by atoms with Crippen LogP contribution in [0.15, 0.2) is 18.2 Å². The van der Waals surface area contributed by atoms with E-state index in [1.54, 1.807) is 0 Å². The van der Waals surface area contributed by atoms with Crippen molar-refractivity contribution in [1.29, 1.82) is 0 Å². The van der Waals surface area contributed by atoms with Crippen LogP contribution in [-0.4, -0.2) is 28.8 Å². The summed E-state index contributed by atoms with van der Waals surface area (Å²) in [5.74, 6) is 1.61. The van der Waals surface area contributed by atoms with Crippen LogP contribution in [0.25, 0.3) is 0 Å². The number of carbonyl (C=O) groups is 1. The van der Waals surface area contributed by atoms with Gasteiger partial charge in [0.05, 0.1) is 5.75 Å². The predicted molar refractivity (Wildman–Crippen MR) is 64.8 cm³/mol. The van der Waals surface area contributed by atoms with Crippen LogP contribution in [0, 0.1) is 0 Å². The van der Waals surface area contributed by atoms with Gasteiger partial charge in [0.2, 0.25) is 6.79 Å². The van der Waals surface area contributed by atoms with Crippen LogP contribution in [0.2, 0.25) is 0 Å². The highest BCUT2D eigenvalue weighted by Gasteiger charge is 2.17. The summed E-state index contributed by atoms with van der Waals surface area (Å²) in [6, 6.07) is 5.64. The van der Waals surface area contributed by atoms with Gasteiger partial charge in [-0.2, -0.15) is 0 Å². The minimum Gasteiger partial charge on any atom is -0.454 e. The molecule has 0 saturated carbocycles. The van der Waals surface area contributed by atoms with Crippen molar-refractivity contribution in [3.8, 4) is 11.5 Å². The van der Waals surface area contributed by atoms with Gasteiger partial charge >= 0.3 is 0 Å². The normalized spacial score (nSPS) is 14.6. The van der Waals surface area contributed by atoms with Gasteiger partial charge in [0.25, 0.3) is 0 Å². The molecule has 5 heteroatoms. The largest absolute Gasteiger partial charge is 0.454 e. The van der Waals surface area contributed by atoms with Gasteiger partial charge in [-0.3, -0.25) is 9.00 Å². The Kier molecular flexibility index (Phi) is 3.78. The molecule has 0 aliphatic carbocycles. The highest BCUT2D eigenvalue weighted by molar-refractivity contribution is 7.85. The average molecular weight is 254 g/mol. The lowest BCUT2D eigenvalue weighted by Gasteiger charge is -2.04. The molecule has 17 heavy (non-hydrogen) atoms. The number of hydrogen-bond donors (Lipinski definition) is 0. The van der Waals surface area contributed by atoms with Crippen LogP contribution in [0.3, 0.4) is 0 Å². The zero-order chi connectivity index (χ0) is 12.3. The number of fused-ring (bicyclic) bond motifs is 1. The molecule has 1 atom stereocenters. The van der Waals surface area contributed by atoms with E-state index in [-0.39, 0.29) is 18.3 Å². The summed E-state index contributed by atoms with van der Waals surface area (Å²) < 4.78 is 21.5. The Balaban J connectivity index is 1.98. The number of Topliss-reactive ketones (excluding diaryl/α,β-unsaturated/α-hetero) is 1. The summed E-state index contributed by atoms with van der Waals surface area (Å²) in [5, 5.41) is 0. The molecule has 1 heterocycles. The molecule has 4 nitrogen and oxygen atoms in total. The molecule has 0 bridgehead atoms. The molecular weight excluding hydrogens is 240 g/mol. The number of carbonyl (C=O) groups excluding carboxylic acids is 1. The quantitative estimate of drug-likeness (QED) is 0.794. The van der Waals surface area contributed by atoms with Crippen molar-refractivity contribution >= 4 is 16.6 Å². The van der Waals surface area contributed by atoms with Gasteiger partial charge in [-0.1, -0.05) is 12.1 Å². The maximum atomic E-state index is 11.5. The van der Waals surface area contributed by atoms with E-state index in [0.717, 1.165) is 17.1 Å². The van der Waals surface area contributed by atoms with E-state index in [0.29, 0.717) is 12.8 Å². The summed E-state index contributed by atoms with van der Waals surface area (Å²) in [5.41, 5.74) is 0.968. The van der Waals surface area contributed by atoms with Gasteiger partial charge in [0.15, 0.2) is 11.5 Å². The molecule has 0 saturated heterocycles. The Bertz CT molecular complexity index is 456. The van der Waals surface area contributed by atoms with E-state index in [2.05, 4.69) is 0 Å². The van der Waals surface area contributed by atoms with E-state index in [4.69, 9.17) is 9.47 Å². The van der Waals surface area contributed by atoms with Crippen molar-refractivity contribution in [2.45, 2.75) is 12.8 Å². The van der Waals surface area contributed by atoms with Crippen LogP contribution < -0.4 is 9.47 Å². The van der Waals surface area contributed by atoms with E-state index in [1.807, 2.05) is 18.2 Å². The second-order valence-corrected chi connectivity index (χ2v) is 5.34. The van der Waals surface area contributed by atoms with Gasteiger partial charge in [0, 0.05) is 23.5 Å². The molecular formula is C12H14O4S. The number of benzene rings is 1. The standard InChI is InChI=1S/C12H14O4S/c1-17(14)7-10(13)6-5-9-3-2-4-11-12(9)16-8-15-11/h2-4H,5-8H2,1H3. The maximum absolute atomic E-state index is 11.5. The van der Waals surface area contributed by atoms with Crippen molar-refractivity contribution in [1.82, 2.24) is 0 Å². The Hall–Kier alpha value is -1.36. The van der Waals surface area contributed by atoms with Crippen LogP contribution in [0.4, 0.5) is 0 Å². The van der Waals surface area contributed by atoms with Gasteiger partial charge in [-0.15, -0.1) is 0 Å². The third-order valence-electron chi connectivity index (χ3n) is 2.52. The fourth-order valence-corrected chi connectivity index (χ4v) is 2.36. The third-order valence-corrected chi connectivity index (χ3v) is 3.24. The molecule has 1 aromatic rings. The van der Waals surface area contributed by atoms with E-state index in [1.165, 1.54) is 6.26 Å². The SMILES string of the molecule is CS(=O)CC(=O)CCc1cccc2c1OCO2. The predicted octanol–water partition coefficient (Wildman–Crippen LogP) is 1.30. The number of aryl methyl sites for hydroxylation is 1. The smallest absolute Gasteiger partial charge is 0.231 e. The molecule has 1 aliphatic heterocycles. The first kappa shape index (κ1) is 12.1. The monoisotopic (exact) mass is 254 g/mol. The number of ketones is 1. The zero-order valence-electron chi connectivity index (χ0n) is 9.60. The van der Waals surface area contributed by atoms with Gasteiger partial charge in [-0.05, 0) is 18.1 Å². The lowest BCUT2D eigenvalue weighted by atomic mass is 10.1. The molecule has 0 spiro atoms. The van der Waals surface area contributed by atoms with Crippen LogP contribution in [0.1, 0.15) is 12.0 Å². The van der Waals surface area contributed by atoms with Gasteiger partial charge in [-0.25, -0.2) is 0 Å². The van der Waals surface area contributed by atoms with Crippen LogP contribution in [0.5, 0.6) is 11.5 Å². The third kappa shape index (κ3) is 3.06. The molecule has 0 aromatic heterocycles. The summed E-state index contributed by atoms with van der Waals surface area (Å²) >= 11 is 0. The molecule has 0 fully saturated rings. The Morgan fingerprint density at radius 2 is 2.24 bits per heavy atom. The number of para-hydroxylation sites is 1. The molecule has 1 aromatic carbocycles. The topological polar surface area (TPSA) is 52.6 Å². The summed E-state index contributed by atoms with van der Waals surface area (Å²) in [7, 11) is -1.06. The van der Waals surface area contributed by atoms with E-state index >= 15 is 0 Å². The summed E-state index contributed by atoms with van der Waals surface area (Å²) in [4.78, 5) is 11.5. The maximum Gasteiger partial charge on any atom is 0.231 e. The van der Waals surface area contributed by atoms with E-state index in [9.17, 15) is 9.00 Å². The van der Waals surface area contributed by atoms with Gasteiger partial charge in [0.1, 0.15) is 5.78 Å². The van der Waals surface area contributed by atoms with Crippen LogP contribution in [-0.2, 0) is 22.0 Å². The van der Waals surface area contributed by atoms with Crippen molar-refractivity contribution in [2.75, 3.05) is 18.8 Å². The lowest BCUT2D eigenvalue weighted by molar-refractivity contribution is -0.116. The van der Waals surface area contributed by atoms with Crippen LogP contribution >= 0.6 is 0 Å². The van der Waals surface area contributed by atoms with Crippen molar-refractivity contribution in [2.24, 2.45) is 0 Å². The van der Waals surface area contributed by atoms with Crippen molar-refractivity contribution in [3.63, 3.8) is 0 Å². The summed E-state index contributed by atoms with van der Waals surface area (Å²) in [6.45, 7) is 0.235. The zero-order valence-corrected chi connectivity index (χ0v) is 10.4. The fourth-order valence-electron chi connectivity index (χ4n) is 1.76. The Labute approximate surface area is 102 Å². The van der Waals surface area contributed by atoms with Gasteiger partial charge < -0.3 is 9.47 Å². The average Bonchev–Trinajstić information content (AvgIpc) is 2.73. The minimum atomic E-state index is -1.06. The lowest BCUT2D eigenvalue weighted by Crippen LogP contribution is -2.10. The molecule has 1 unspecified atom stereocenters. The fraction of sp³-hybridized carbons (Fsp3) is 0.417. The summed E-state index contributed by atoms with van der Waals surface area (Å²) in [6.07, 6.45) is 2.52.